The van der Waals surface area contributed by atoms with Gasteiger partial charge in [0, 0.05) is 13.1 Å². The average Bonchev–Trinajstić information content (AvgIpc) is 2.82. The fourth-order valence-corrected chi connectivity index (χ4v) is 4.66. The number of sulfonamides is 1. The molecule has 1 unspecified atom stereocenters. The molecule has 5 heteroatoms. The van der Waals surface area contributed by atoms with E-state index in [9.17, 15) is 12.8 Å². The summed E-state index contributed by atoms with van der Waals surface area (Å²) in [4.78, 5) is 0.0335. The highest BCUT2D eigenvalue weighted by Crippen LogP contribution is 2.29. The summed E-state index contributed by atoms with van der Waals surface area (Å²) >= 11 is 0. The van der Waals surface area contributed by atoms with Crippen molar-refractivity contribution in [3.8, 4) is 0 Å². The summed E-state index contributed by atoms with van der Waals surface area (Å²) in [6.45, 7) is 0.936. The van der Waals surface area contributed by atoms with Crippen LogP contribution in [0.3, 0.4) is 0 Å². The molecule has 2 aromatic carbocycles. The molecule has 23 heavy (non-hydrogen) atoms. The van der Waals surface area contributed by atoms with Crippen LogP contribution in [0.1, 0.15) is 30.7 Å². The highest BCUT2D eigenvalue weighted by molar-refractivity contribution is 7.89. The molecular formula is C18H20FNO2S. The van der Waals surface area contributed by atoms with Crippen molar-refractivity contribution >= 4 is 10.0 Å². The Morgan fingerprint density at radius 3 is 2.52 bits per heavy atom. The summed E-state index contributed by atoms with van der Waals surface area (Å²) in [6, 6.07) is 15.3. The molecular weight excluding hydrogens is 313 g/mol. The summed E-state index contributed by atoms with van der Waals surface area (Å²) in [5.74, 6) is -0.345. The predicted octanol–water partition coefficient (Wildman–Crippen LogP) is 3.78. The van der Waals surface area contributed by atoms with Crippen LogP contribution in [0.4, 0.5) is 4.39 Å². The maximum atomic E-state index is 13.4. The van der Waals surface area contributed by atoms with E-state index < -0.39 is 15.8 Å². The number of rotatable bonds is 3. The molecule has 0 spiro atoms. The lowest BCUT2D eigenvalue weighted by molar-refractivity contribution is 0.406. The lowest BCUT2D eigenvalue weighted by atomic mass is 9.95. The Hall–Kier alpha value is -1.72. The molecule has 1 saturated heterocycles. The van der Waals surface area contributed by atoms with Crippen molar-refractivity contribution in [3.05, 3.63) is 66.0 Å². The van der Waals surface area contributed by atoms with E-state index in [-0.39, 0.29) is 10.8 Å². The molecule has 0 aromatic heterocycles. The zero-order valence-corrected chi connectivity index (χ0v) is 13.7. The van der Waals surface area contributed by atoms with Gasteiger partial charge in [-0.05, 0) is 42.5 Å². The molecule has 3 rings (SSSR count). The first-order valence-electron chi connectivity index (χ1n) is 7.88. The first-order chi connectivity index (χ1) is 11.1. The van der Waals surface area contributed by atoms with Gasteiger partial charge >= 0.3 is 0 Å². The van der Waals surface area contributed by atoms with Crippen molar-refractivity contribution in [1.82, 2.24) is 4.31 Å². The second-order valence-corrected chi connectivity index (χ2v) is 7.86. The van der Waals surface area contributed by atoms with Crippen LogP contribution in [-0.2, 0) is 10.0 Å². The summed E-state index contributed by atoms with van der Waals surface area (Å²) in [5.41, 5.74) is 1.16. The molecule has 0 aliphatic carbocycles. The quantitative estimate of drug-likeness (QED) is 0.857. The minimum Gasteiger partial charge on any atom is -0.207 e. The van der Waals surface area contributed by atoms with Gasteiger partial charge in [-0.15, -0.1) is 0 Å². The second kappa shape index (κ2) is 6.81. The molecule has 1 atom stereocenters. The fraction of sp³-hybridized carbons (Fsp3) is 0.333. The molecule has 0 amide bonds. The first kappa shape index (κ1) is 16.1. The van der Waals surface area contributed by atoms with Gasteiger partial charge in [0.15, 0.2) is 0 Å². The van der Waals surface area contributed by atoms with Gasteiger partial charge in [0.05, 0.1) is 4.90 Å². The minimum atomic E-state index is -3.66. The normalized spacial score (nSPS) is 20.1. The van der Waals surface area contributed by atoms with Crippen LogP contribution in [0.5, 0.6) is 0 Å². The third kappa shape index (κ3) is 3.62. The van der Waals surface area contributed by atoms with E-state index in [4.69, 9.17) is 0 Å². The Morgan fingerprint density at radius 2 is 1.78 bits per heavy atom. The summed E-state index contributed by atoms with van der Waals surface area (Å²) in [5, 5.41) is 0. The monoisotopic (exact) mass is 333 g/mol. The second-order valence-electron chi connectivity index (χ2n) is 5.92. The van der Waals surface area contributed by atoms with Gasteiger partial charge in [-0.1, -0.05) is 42.8 Å². The van der Waals surface area contributed by atoms with E-state index in [1.807, 2.05) is 30.3 Å². The van der Waals surface area contributed by atoms with Crippen LogP contribution < -0.4 is 0 Å². The largest absolute Gasteiger partial charge is 0.243 e. The molecule has 1 heterocycles. The third-order valence-corrected chi connectivity index (χ3v) is 6.20. The van der Waals surface area contributed by atoms with Crippen LogP contribution >= 0.6 is 0 Å². The van der Waals surface area contributed by atoms with E-state index in [0.29, 0.717) is 13.1 Å². The zero-order chi connectivity index (χ0) is 16.3. The lowest BCUT2D eigenvalue weighted by Crippen LogP contribution is -2.34. The molecule has 122 valence electrons. The number of nitrogens with zero attached hydrogens (tertiary/aromatic N) is 1. The van der Waals surface area contributed by atoms with Crippen molar-refractivity contribution < 1.29 is 12.8 Å². The first-order valence-corrected chi connectivity index (χ1v) is 9.32. The van der Waals surface area contributed by atoms with Gasteiger partial charge in [-0.3, -0.25) is 0 Å². The summed E-state index contributed by atoms with van der Waals surface area (Å²) in [7, 11) is -3.66. The van der Waals surface area contributed by atoms with Crippen molar-refractivity contribution in [1.29, 1.82) is 0 Å². The Bertz CT molecular complexity index is 762. The number of benzene rings is 2. The van der Waals surface area contributed by atoms with Crippen molar-refractivity contribution in [2.45, 2.75) is 30.1 Å². The maximum absolute atomic E-state index is 13.4. The minimum absolute atomic E-state index is 0.0335. The van der Waals surface area contributed by atoms with Gasteiger partial charge in [-0.2, -0.15) is 4.31 Å². The van der Waals surface area contributed by atoms with Crippen LogP contribution in [0.25, 0.3) is 0 Å². The SMILES string of the molecule is O=S(=O)(c1cccc(F)c1)N1CCCCC(c2ccccc2)C1. The van der Waals surface area contributed by atoms with E-state index in [1.54, 1.807) is 0 Å². The molecule has 0 N–H and O–H groups in total. The Labute approximate surface area is 136 Å². The molecule has 1 fully saturated rings. The van der Waals surface area contributed by atoms with Crippen LogP contribution in [0.15, 0.2) is 59.5 Å². The van der Waals surface area contributed by atoms with Crippen molar-refractivity contribution in [2.75, 3.05) is 13.1 Å². The van der Waals surface area contributed by atoms with E-state index >= 15 is 0 Å². The Morgan fingerprint density at radius 1 is 1.00 bits per heavy atom. The summed E-state index contributed by atoms with van der Waals surface area (Å²) in [6.07, 6.45) is 2.80. The number of hydrogen-bond acceptors (Lipinski definition) is 2. The topological polar surface area (TPSA) is 37.4 Å². The average molecular weight is 333 g/mol. The summed E-state index contributed by atoms with van der Waals surface area (Å²) < 4.78 is 40.6. The molecule has 0 saturated carbocycles. The molecule has 2 aromatic rings. The highest BCUT2D eigenvalue weighted by Gasteiger charge is 2.29. The van der Waals surface area contributed by atoms with Gasteiger partial charge in [0.25, 0.3) is 0 Å². The van der Waals surface area contributed by atoms with Crippen molar-refractivity contribution in [2.24, 2.45) is 0 Å². The van der Waals surface area contributed by atoms with Gasteiger partial charge in [0.2, 0.25) is 10.0 Å². The molecule has 0 radical (unpaired) electrons. The molecule has 3 nitrogen and oxygen atoms in total. The van der Waals surface area contributed by atoms with E-state index in [2.05, 4.69) is 0 Å². The smallest absolute Gasteiger partial charge is 0.207 e. The zero-order valence-electron chi connectivity index (χ0n) is 12.9. The van der Waals surface area contributed by atoms with Crippen LogP contribution in [-0.4, -0.2) is 25.8 Å². The van der Waals surface area contributed by atoms with Gasteiger partial charge in [-0.25, -0.2) is 12.8 Å². The lowest BCUT2D eigenvalue weighted by Gasteiger charge is -2.24. The van der Waals surface area contributed by atoms with Crippen molar-refractivity contribution in [3.63, 3.8) is 0 Å². The van der Waals surface area contributed by atoms with Crippen LogP contribution in [0.2, 0.25) is 0 Å². The number of hydrogen-bond donors (Lipinski definition) is 0. The molecule has 1 aliphatic heterocycles. The predicted molar refractivity (Wildman–Crippen MR) is 88.2 cm³/mol. The van der Waals surface area contributed by atoms with Crippen LogP contribution in [0, 0.1) is 5.82 Å². The van der Waals surface area contributed by atoms with E-state index in [0.717, 1.165) is 30.9 Å². The van der Waals surface area contributed by atoms with Gasteiger partial charge in [0.1, 0.15) is 5.82 Å². The Kier molecular flexibility index (Phi) is 4.78. The fourth-order valence-electron chi connectivity index (χ4n) is 3.10. The molecule has 0 bridgehead atoms. The van der Waals surface area contributed by atoms with Gasteiger partial charge < -0.3 is 0 Å². The number of halogens is 1. The Balaban J connectivity index is 1.89. The maximum Gasteiger partial charge on any atom is 0.243 e. The highest BCUT2D eigenvalue weighted by atomic mass is 32.2. The third-order valence-electron chi connectivity index (χ3n) is 4.34. The molecule has 1 aliphatic rings. The standard InChI is InChI=1S/C18H20FNO2S/c19-17-10-6-11-18(13-17)23(21,22)20-12-5-4-9-16(14-20)15-7-2-1-3-8-15/h1-3,6-8,10-11,13,16H,4-5,9,12,14H2. The van der Waals surface area contributed by atoms with E-state index in [1.165, 1.54) is 22.5 Å².